The first kappa shape index (κ1) is 9.46. The third-order valence-electron chi connectivity index (χ3n) is 3.36. The van der Waals surface area contributed by atoms with Crippen LogP contribution in [0.3, 0.4) is 0 Å². The van der Waals surface area contributed by atoms with Crippen molar-refractivity contribution >= 4 is 16.9 Å². The Labute approximate surface area is 93.4 Å². The van der Waals surface area contributed by atoms with Crippen molar-refractivity contribution < 1.29 is 9.53 Å². The lowest BCUT2D eigenvalue weighted by atomic mass is 10.1. The molecule has 0 aliphatic heterocycles. The molecule has 0 fully saturated rings. The highest BCUT2D eigenvalue weighted by Crippen LogP contribution is 2.37. The van der Waals surface area contributed by atoms with Crippen LogP contribution in [0, 0.1) is 0 Å². The number of aryl methyl sites for hydroxylation is 1. The van der Waals surface area contributed by atoms with Crippen LogP contribution in [0.5, 0.6) is 0 Å². The molecule has 1 aromatic heterocycles. The van der Waals surface area contributed by atoms with Crippen LogP contribution in [0.4, 0.5) is 0 Å². The van der Waals surface area contributed by atoms with Crippen molar-refractivity contribution in [1.82, 2.24) is 4.98 Å². The molecule has 0 spiro atoms. The van der Waals surface area contributed by atoms with Gasteiger partial charge >= 0.3 is 5.97 Å². The molecule has 0 amide bonds. The molecule has 1 aromatic carbocycles. The first-order valence-electron chi connectivity index (χ1n) is 5.48. The van der Waals surface area contributed by atoms with E-state index in [2.05, 4.69) is 11.1 Å². The third kappa shape index (κ3) is 1.18. The normalized spacial score (nSPS) is 18.7. The SMILES string of the molecule is COC(=O)C1CCc2c1[nH]c1ccccc21. The molecular formula is C13H13NO2. The Morgan fingerprint density at radius 3 is 3.06 bits per heavy atom. The predicted octanol–water partition coefficient (Wildman–Crippen LogP) is 2.37. The van der Waals surface area contributed by atoms with Gasteiger partial charge in [0, 0.05) is 16.6 Å². The van der Waals surface area contributed by atoms with Crippen molar-refractivity contribution in [3.63, 3.8) is 0 Å². The van der Waals surface area contributed by atoms with Gasteiger partial charge in [-0.3, -0.25) is 4.79 Å². The number of H-pyrrole nitrogens is 1. The number of aromatic amines is 1. The molecule has 0 bridgehead atoms. The summed E-state index contributed by atoms with van der Waals surface area (Å²) in [7, 11) is 1.45. The van der Waals surface area contributed by atoms with Crippen LogP contribution in [-0.4, -0.2) is 18.1 Å². The molecule has 2 aromatic rings. The van der Waals surface area contributed by atoms with E-state index in [9.17, 15) is 4.79 Å². The first-order chi connectivity index (χ1) is 7.81. The fourth-order valence-corrected chi connectivity index (χ4v) is 2.60. The summed E-state index contributed by atoms with van der Waals surface area (Å²) in [6, 6.07) is 8.18. The van der Waals surface area contributed by atoms with Gasteiger partial charge in [-0.25, -0.2) is 0 Å². The quantitative estimate of drug-likeness (QED) is 0.742. The maximum atomic E-state index is 11.6. The molecule has 0 saturated heterocycles. The smallest absolute Gasteiger partial charge is 0.314 e. The number of hydrogen-bond acceptors (Lipinski definition) is 2. The zero-order chi connectivity index (χ0) is 11.1. The van der Waals surface area contributed by atoms with Crippen LogP contribution in [0.25, 0.3) is 10.9 Å². The Hall–Kier alpha value is -1.77. The zero-order valence-corrected chi connectivity index (χ0v) is 9.12. The zero-order valence-electron chi connectivity index (χ0n) is 9.12. The maximum Gasteiger partial charge on any atom is 0.314 e. The monoisotopic (exact) mass is 215 g/mol. The number of nitrogens with one attached hydrogen (secondary N) is 1. The van der Waals surface area contributed by atoms with Crippen molar-refractivity contribution in [3.8, 4) is 0 Å². The number of methoxy groups -OCH3 is 1. The van der Waals surface area contributed by atoms with Gasteiger partial charge in [0.15, 0.2) is 0 Å². The number of ether oxygens (including phenoxy) is 1. The van der Waals surface area contributed by atoms with Crippen LogP contribution < -0.4 is 0 Å². The van der Waals surface area contributed by atoms with E-state index in [-0.39, 0.29) is 11.9 Å². The van der Waals surface area contributed by atoms with Gasteiger partial charge in [-0.2, -0.15) is 0 Å². The molecule has 1 aliphatic rings. The van der Waals surface area contributed by atoms with Crippen LogP contribution >= 0.6 is 0 Å². The minimum Gasteiger partial charge on any atom is -0.469 e. The minimum atomic E-state index is -0.134. The van der Waals surface area contributed by atoms with Crippen LogP contribution in [0.1, 0.15) is 23.6 Å². The van der Waals surface area contributed by atoms with Crippen LogP contribution in [0.2, 0.25) is 0 Å². The van der Waals surface area contributed by atoms with Gasteiger partial charge in [0.25, 0.3) is 0 Å². The van der Waals surface area contributed by atoms with Crippen molar-refractivity contribution in [2.75, 3.05) is 7.11 Å². The lowest BCUT2D eigenvalue weighted by molar-refractivity contribution is -0.142. The number of esters is 1. The number of benzene rings is 1. The molecule has 1 aliphatic carbocycles. The molecule has 16 heavy (non-hydrogen) atoms. The Morgan fingerprint density at radius 2 is 2.25 bits per heavy atom. The largest absolute Gasteiger partial charge is 0.469 e. The lowest BCUT2D eigenvalue weighted by Crippen LogP contribution is -2.11. The lowest BCUT2D eigenvalue weighted by Gasteiger charge is -2.06. The number of carbonyl (C=O) groups is 1. The number of para-hydroxylation sites is 1. The molecule has 1 N–H and O–H groups in total. The number of fused-ring (bicyclic) bond motifs is 3. The molecule has 0 radical (unpaired) electrons. The molecular weight excluding hydrogens is 202 g/mol. The molecule has 82 valence electrons. The Kier molecular flexibility index (Phi) is 1.99. The number of aromatic nitrogens is 1. The highest BCUT2D eigenvalue weighted by molar-refractivity contribution is 5.89. The number of rotatable bonds is 1. The summed E-state index contributed by atoms with van der Waals surface area (Å²) in [5, 5.41) is 1.24. The average molecular weight is 215 g/mol. The third-order valence-corrected chi connectivity index (χ3v) is 3.36. The van der Waals surface area contributed by atoms with E-state index in [0.29, 0.717) is 0 Å². The van der Waals surface area contributed by atoms with E-state index in [4.69, 9.17) is 4.74 Å². The second kappa shape index (κ2) is 3.37. The van der Waals surface area contributed by atoms with E-state index in [1.165, 1.54) is 18.1 Å². The van der Waals surface area contributed by atoms with Gasteiger partial charge in [0.05, 0.1) is 13.0 Å². The molecule has 0 saturated carbocycles. The Morgan fingerprint density at radius 1 is 1.44 bits per heavy atom. The van der Waals surface area contributed by atoms with Gasteiger partial charge in [0.1, 0.15) is 0 Å². The van der Waals surface area contributed by atoms with Crippen molar-refractivity contribution in [2.45, 2.75) is 18.8 Å². The van der Waals surface area contributed by atoms with Gasteiger partial charge in [-0.05, 0) is 24.5 Å². The first-order valence-corrected chi connectivity index (χ1v) is 5.48. The summed E-state index contributed by atoms with van der Waals surface area (Å²) in [5.41, 5.74) is 3.44. The number of hydrogen-bond donors (Lipinski definition) is 1. The predicted molar refractivity (Wildman–Crippen MR) is 61.4 cm³/mol. The average Bonchev–Trinajstić information content (AvgIpc) is 2.86. The van der Waals surface area contributed by atoms with E-state index in [0.717, 1.165) is 24.1 Å². The Balaban J connectivity index is 2.16. The molecule has 1 unspecified atom stereocenters. The highest BCUT2D eigenvalue weighted by atomic mass is 16.5. The summed E-state index contributed by atoms with van der Waals surface area (Å²) in [5.74, 6) is -0.238. The minimum absolute atomic E-state index is 0.104. The van der Waals surface area contributed by atoms with Crippen molar-refractivity contribution in [2.24, 2.45) is 0 Å². The van der Waals surface area contributed by atoms with Gasteiger partial charge in [-0.15, -0.1) is 0 Å². The van der Waals surface area contributed by atoms with E-state index >= 15 is 0 Å². The highest BCUT2D eigenvalue weighted by Gasteiger charge is 2.32. The molecule has 1 heterocycles. The van der Waals surface area contributed by atoms with E-state index < -0.39 is 0 Å². The fraction of sp³-hybridized carbons (Fsp3) is 0.308. The van der Waals surface area contributed by atoms with Crippen molar-refractivity contribution in [3.05, 3.63) is 35.5 Å². The summed E-state index contributed by atoms with van der Waals surface area (Å²) in [6.07, 6.45) is 1.82. The standard InChI is InChI=1S/C13H13NO2/c1-16-13(15)10-7-6-9-8-4-2-3-5-11(8)14-12(9)10/h2-5,10,14H,6-7H2,1H3. The van der Waals surface area contributed by atoms with E-state index in [1.54, 1.807) is 0 Å². The van der Waals surface area contributed by atoms with Crippen LogP contribution in [0.15, 0.2) is 24.3 Å². The van der Waals surface area contributed by atoms with Gasteiger partial charge in [0.2, 0.25) is 0 Å². The molecule has 1 atom stereocenters. The van der Waals surface area contributed by atoms with Gasteiger partial charge < -0.3 is 9.72 Å². The summed E-state index contributed by atoms with van der Waals surface area (Å²) in [6.45, 7) is 0. The van der Waals surface area contributed by atoms with Gasteiger partial charge in [-0.1, -0.05) is 18.2 Å². The second-order valence-corrected chi connectivity index (χ2v) is 4.18. The number of carbonyl (C=O) groups excluding carboxylic acids is 1. The fourth-order valence-electron chi connectivity index (χ4n) is 2.60. The van der Waals surface area contributed by atoms with E-state index in [1.807, 2.05) is 18.2 Å². The molecule has 3 heteroatoms. The molecule has 3 nitrogen and oxygen atoms in total. The molecule has 3 rings (SSSR count). The summed E-state index contributed by atoms with van der Waals surface area (Å²) < 4.78 is 4.83. The topological polar surface area (TPSA) is 42.1 Å². The maximum absolute atomic E-state index is 11.6. The second-order valence-electron chi connectivity index (χ2n) is 4.18. The van der Waals surface area contributed by atoms with Crippen molar-refractivity contribution in [1.29, 1.82) is 0 Å². The Bertz CT molecular complexity index is 556. The van der Waals surface area contributed by atoms with Crippen LogP contribution in [-0.2, 0) is 16.0 Å². The summed E-state index contributed by atoms with van der Waals surface area (Å²) >= 11 is 0. The summed E-state index contributed by atoms with van der Waals surface area (Å²) in [4.78, 5) is 15.0.